The smallest absolute Gasteiger partial charge is 0.141 e. The Kier molecular flexibility index (Phi) is 2.76. The Balaban J connectivity index is 1.75. The van der Waals surface area contributed by atoms with Gasteiger partial charge in [-0.05, 0) is 48.3 Å². The molecule has 0 amide bonds. The van der Waals surface area contributed by atoms with Gasteiger partial charge >= 0.3 is 0 Å². The lowest BCUT2D eigenvalue weighted by atomic mass is 9.65. The van der Waals surface area contributed by atoms with E-state index in [0.717, 1.165) is 17.7 Å². The molecule has 2 atom stereocenters. The minimum Gasteiger partial charge on any atom is -0.506 e. The molecule has 1 N–H and O–H groups in total. The first-order valence-electron chi connectivity index (χ1n) is 8.21. The highest BCUT2D eigenvalue weighted by Gasteiger charge is 2.49. The summed E-state index contributed by atoms with van der Waals surface area (Å²) in [6.45, 7) is 8.27. The van der Waals surface area contributed by atoms with Gasteiger partial charge in [-0.2, -0.15) is 0 Å². The lowest BCUT2D eigenvalue weighted by Gasteiger charge is -2.39. The van der Waals surface area contributed by atoms with Crippen LogP contribution in [0, 0.1) is 10.8 Å². The van der Waals surface area contributed by atoms with Crippen LogP contribution in [0.15, 0.2) is 30.3 Å². The summed E-state index contributed by atoms with van der Waals surface area (Å²) in [6, 6.07) is 10.3. The average Bonchev–Trinajstić information content (AvgIpc) is 2.68. The molecule has 1 aromatic heterocycles. The molecule has 2 aromatic rings. The van der Waals surface area contributed by atoms with E-state index < -0.39 is 0 Å². The van der Waals surface area contributed by atoms with Crippen LogP contribution in [-0.4, -0.2) is 22.7 Å². The number of phenols is 1. The third-order valence-electron chi connectivity index (χ3n) is 5.39. The van der Waals surface area contributed by atoms with Gasteiger partial charge in [0.2, 0.25) is 0 Å². The van der Waals surface area contributed by atoms with Crippen LogP contribution in [0.25, 0.3) is 10.9 Å². The number of fused-ring (bicyclic) bond motifs is 3. The van der Waals surface area contributed by atoms with Gasteiger partial charge in [-0.1, -0.05) is 32.9 Å². The maximum Gasteiger partial charge on any atom is 0.141 e. The Hall–Kier alpha value is -1.77. The number of nitrogens with zero attached hydrogens (tertiary/aromatic N) is 2. The molecule has 0 radical (unpaired) electrons. The van der Waals surface area contributed by atoms with Crippen LogP contribution in [0.5, 0.6) is 5.75 Å². The largest absolute Gasteiger partial charge is 0.506 e. The van der Waals surface area contributed by atoms with Crippen LogP contribution in [0.3, 0.4) is 0 Å². The van der Waals surface area contributed by atoms with Crippen molar-refractivity contribution in [3.8, 4) is 5.75 Å². The second-order valence-electron chi connectivity index (χ2n) is 8.36. The molecule has 1 saturated carbocycles. The van der Waals surface area contributed by atoms with Crippen LogP contribution in [0.1, 0.15) is 40.0 Å². The van der Waals surface area contributed by atoms with Crippen molar-refractivity contribution < 1.29 is 5.11 Å². The third-order valence-corrected chi connectivity index (χ3v) is 5.39. The van der Waals surface area contributed by atoms with Crippen molar-refractivity contribution in [3.63, 3.8) is 0 Å². The van der Waals surface area contributed by atoms with Crippen LogP contribution in [0.2, 0.25) is 0 Å². The number of phenolic OH excluding ortho intramolecular Hbond substituents is 1. The number of anilines is 1. The average molecular weight is 296 g/mol. The fourth-order valence-corrected chi connectivity index (χ4v) is 5.01. The van der Waals surface area contributed by atoms with E-state index in [1.54, 1.807) is 6.07 Å². The van der Waals surface area contributed by atoms with E-state index in [1.165, 1.54) is 19.3 Å². The lowest BCUT2D eigenvalue weighted by molar-refractivity contribution is 0.136. The van der Waals surface area contributed by atoms with E-state index in [9.17, 15) is 5.11 Å². The van der Waals surface area contributed by atoms with E-state index in [0.29, 0.717) is 22.4 Å². The summed E-state index contributed by atoms with van der Waals surface area (Å²) in [5, 5.41) is 11.1. The number of para-hydroxylation sites is 1. The van der Waals surface area contributed by atoms with Crippen molar-refractivity contribution in [2.45, 2.75) is 46.1 Å². The fourth-order valence-electron chi connectivity index (χ4n) is 5.01. The Morgan fingerprint density at radius 2 is 1.95 bits per heavy atom. The zero-order valence-electron chi connectivity index (χ0n) is 13.6. The highest BCUT2D eigenvalue weighted by atomic mass is 16.3. The molecule has 4 rings (SSSR count). The molecule has 1 aliphatic carbocycles. The molecular weight excluding hydrogens is 272 g/mol. The second kappa shape index (κ2) is 4.37. The molecule has 3 nitrogen and oxygen atoms in total. The minimum absolute atomic E-state index is 0.271. The summed E-state index contributed by atoms with van der Waals surface area (Å²) in [4.78, 5) is 7.24. The monoisotopic (exact) mass is 296 g/mol. The van der Waals surface area contributed by atoms with Crippen molar-refractivity contribution in [1.82, 2.24) is 4.98 Å². The first-order chi connectivity index (χ1) is 10.4. The molecule has 22 heavy (non-hydrogen) atoms. The van der Waals surface area contributed by atoms with E-state index in [-0.39, 0.29) is 5.75 Å². The van der Waals surface area contributed by atoms with Gasteiger partial charge in [0, 0.05) is 18.0 Å². The van der Waals surface area contributed by atoms with Gasteiger partial charge in [0.05, 0.1) is 0 Å². The highest BCUT2D eigenvalue weighted by molar-refractivity contribution is 5.85. The summed E-state index contributed by atoms with van der Waals surface area (Å²) in [7, 11) is 0. The Bertz CT molecular complexity index is 739. The molecule has 2 heterocycles. The SMILES string of the molecule is CC1(C)CC2CC(C)(CN2c2ccc3cccc(O)c3n2)C1. The predicted molar refractivity (Wildman–Crippen MR) is 90.3 cm³/mol. The predicted octanol–water partition coefficient (Wildman–Crippen LogP) is 4.35. The number of pyridine rings is 1. The van der Waals surface area contributed by atoms with Crippen LogP contribution >= 0.6 is 0 Å². The summed E-state index contributed by atoms with van der Waals surface area (Å²) in [6.07, 6.45) is 3.77. The van der Waals surface area contributed by atoms with Gasteiger partial charge in [0.1, 0.15) is 17.1 Å². The molecule has 2 fully saturated rings. The molecule has 0 spiro atoms. The van der Waals surface area contributed by atoms with E-state index in [1.807, 2.05) is 12.1 Å². The van der Waals surface area contributed by atoms with Crippen molar-refractivity contribution >= 4 is 16.7 Å². The van der Waals surface area contributed by atoms with E-state index in [4.69, 9.17) is 4.98 Å². The number of rotatable bonds is 1. The number of hydrogen-bond acceptors (Lipinski definition) is 3. The molecule has 1 aromatic carbocycles. The zero-order valence-corrected chi connectivity index (χ0v) is 13.6. The Morgan fingerprint density at radius 1 is 1.14 bits per heavy atom. The normalized spacial score (nSPS) is 30.0. The molecule has 2 bridgehead atoms. The standard InChI is InChI=1S/C19H24N2O/c1-18(2)9-14-10-19(3,11-18)12-21(14)16-8-7-13-5-4-6-15(22)17(13)20-16/h4-8,14,22H,9-12H2,1-3H3. The van der Waals surface area contributed by atoms with Crippen LogP contribution in [0.4, 0.5) is 5.82 Å². The summed E-state index contributed by atoms with van der Waals surface area (Å²) >= 11 is 0. The molecule has 2 unspecified atom stereocenters. The van der Waals surface area contributed by atoms with Crippen LogP contribution < -0.4 is 4.90 Å². The third kappa shape index (κ3) is 2.15. The van der Waals surface area contributed by atoms with Crippen molar-refractivity contribution in [1.29, 1.82) is 0 Å². The van der Waals surface area contributed by atoms with Crippen molar-refractivity contribution in [2.75, 3.05) is 11.4 Å². The minimum atomic E-state index is 0.271. The van der Waals surface area contributed by atoms with Crippen molar-refractivity contribution in [2.24, 2.45) is 10.8 Å². The van der Waals surface area contributed by atoms with Gasteiger partial charge in [0.15, 0.2) is 0 Å². The number of benzene rings is 1. The van der Waals surface area contributed by atoms with E-state index >= 15 is 0 Å². The Morgan fingerprint density at radius 3 is 2.77 bits per heavy atom. The number of aromatic hydroxyl groups is 1. The number of aromatic nitrogens is 1. The quantitative estimate of drug-likeness (QED) is 0.850. The molecule has 2 aliphatic rings. The van der Waals surface area contributed by atoms with Crippen molar-refractivity contribution in [3.05, 3.63) is 30.3 Å². The van der Waals surface area contributed by atoms with Crippen LogP contribution in [-0.2, 0) is 0 Å². The first kappa shape index (κ1) is 13.9. The van der Waals surface area contributed by atoms with Gasteiger partial charge in [-0.3, -0.25) is 0 Å². The molecule has 1 aliphatic heterocycles. The fraction of sp³-hybridized carbons (Fsp3) is 0.526. The molecule has 3 heteroatoms. The Labute approximate surface area is 132 Å². The topological polar surface area (TPSA) is 36.4 Å². The molecule has 116 valence electrons. The highest BCUT2D eigenvalue weighted by Crippen LogP contribution is 2.53. The van der Waals surface area contributed by atoms with Gasteiger partial charge < -0.3 is 10.0 Å². The second-order valence-corrected chi connectivity index (χ2v) is 8.36. The summed E-state index contributed by atoms with van der Waals surface area (Å²) in [5.74, 6) is 1.29. The summed E-state index contributed by atoms with van der Waals surface area (Å²) < 4.78 is 0. The van der Waals surface area contributed by atoms with Gasteiger partial charge in [0.25, 0.3) is 0 Å². The van der Waals surface area contributed by atoms with Gasteiger partial charge in [-0.15, -0.1) is 0 Å². The van der Waals surface area contributed by atoms with E-state index in [2.05, 4.69) is 37.8 Å². The zero-order chi connectivity index (χ0) is 15.5. The lowest BCUT2D eigenvalue weighted by Crippen LogP contribution is -2.34. The number of hydrogen-bond donors (Lipinski definition) is 1. The maximum absolute atomic E-state index is 10.1. The summed E-state index contributed by atoms with van der Waals surface area (Å²) in [5.41, 5.74) is 1.51. The first-order valence-corrected chi connectivity index (χ1v) is 8.21. The maximum atomic E-state index is 10.1. The molecular formula is C19H24N2O. The molecule has 1 saturated heterocycles. The van der Waals surface area contributed by atoms with Gasteiger partial charge in [-0.25, -0.2) is 4.98 Å².